The normalized spacial score (nSPS) is 29.8. The first-order valence-corrected chi connectivity index (χ1v) is 6.17. The number of amides is 1. The van der Waals surface area contributed by atoms with Crippen molar-refractivity contribution in [2.45, 2.75) is 32.2 Å². The Labute approximate surface area is 106 Å². The van der Waals surface area contributed by atoms with Gasteiger partial charge in [0, 0.05) is 6.92 Å². The van der Waals surface area contributed by atoms with Crippen LogP contribution in [0, 0.1) is 0 Å². The van der Waals surface area contributed by atoms with Gasteiger partial charge in [-0.25, -0.2) is 9.90 Å². The summed E-state index contributed by atoms with van der Waals surface area (Å²) in [6.07, 6.45) is 3.78. The van der Waals surface area contributed by atoms with Gasteiger partial charge in [-0.15, -0.1) is 0 Å². The number of nitrogens with zero attached hydrogens (tertiary/aromatic N) is 2. The first kappa shape index (κ1) is 11.3. The van der Waals surface area contributed by atoms with E-state index in [2.05, 4.69) is 13.0 Å². The maximum atomic E-state index is 11.6. The summed E-state index contributed by atoms with van der Waals surface area (Å²) in [7, 11) is 0. The second-order valence-corrected chi connectivity index (χ2v) is 4.70. The van der Waals surface area contributed by atoms with Crippen LogP contribution in [0.1, 0.15) is 13.8 Å². The van der Waals surface area contributed by atoms with Crippen molar-refractivity contribution in [1.29, 1.82) is 0 Å². The molecular weight excluding hydrogens is 228 g/mol. The molecule has 94 valence electrons. The molecule has 3 aliphatic heterocycles. The standard InChI is InChI=1S/C14H16N2O2/c1-10-13-8-9-14(15(10)11(2)17)18-16(13)12-6-4-3-5-7-12/h3-10,13-14H,1-2H3/t10-,13+,14-/m1/s1. The van der Waals surface area contributed by atoms with Gasteiger partial charge in [-0.05, 0) is 25.1 Å². The molecule has 18 heavy (non-hydrogen) atoms. The molecule has 1 aromatic rings. The van der Waals surface area contributed by atoms with E-state index in [0.717, 1.165) is 5.69 Å². The number of hydroxylamine groups is 1. The summed E-state index contributed by atoms with van der Waals surface area (Å²) < 4.78 is 0. The Bertz CT molecular complexity index is 486. The van der Waals surface area contributed by atoms with Crippen LogP contribution in [-0.4, -0.2) is 29.1 Å². The lowest BCUT2D eigenvalue weighted by Gasteiger charge is -2.51. The third-order valence-corrected chi connectivity index (χ3v) is 3.55. The predicted octanol–water partition coefficient (Wildman–Crippen LogP) is 1.94. The molecule has 2 bridgehead atoms. The average Bonchev–Trinajstić information content (AvgIpc) is 2.39. The van der Waals surface area contributed by atoms with Crippen molar-refractivity contribution in [3.63, 3.8) is 0 Å². The van der Waals surface area contributed by atoms with Gasteiger partial charge >= 0.3 is 0 Å². The van der Waals surface area contributed by atoms with Crippen molar-refractivity contribution in [1.82, 2.24) is 4.90 Å². The summed E-state index contributed by atoms with van der Waals surface area (Å²) in [6, 6.07) is 10.2. The Morgan fingerprint density at radius 2 is 1.94 bits per heavy atom. The third kappa shape index (κ3) is 1.61. The van der Waals surface area contributed by atoms with E-state index in [1.165, 1.54) is 0 Å². The van der Waals surface area contributed by atoms with Crippen molar-refractivity contribution >= 4 is 11.6 Å². The smallest absolute Gasteiger partial charge is 0.222 e. The molecule has 0 unspecified atom stereocenters. The van der Waals surface area contributed by atoms with Gasteiger partial charge in [0.15, 0.2) is 6.23 Å². The average molecular weight is 244 g/mol. The zero-order valence-electron chi connectivity index (χ0n) is 10.5. The molecule has 3 aliphatic rings. The maximum absolute atomic E-state index is 11.6. The lowest BCUT2D eigenvalue weighted by atomic mass is 10.00. The lowest BCUT2D eigenvalue weighted by Crippen LogP contribution is -2.64. The summed E-state index contributed by atoms with van der Waals surface area (Å²) in [4.78, 5) is 19.3. The van der Waals surface area contributed by atoms with Crippen LogP contribution in [0.4, 0.5) is 5.69 Å². The van der Waals surface area contributed by atoms with Crippen molar-refractivity contribution in [2.24, 2.45) is 0 Å². The van der Waals surface area contributed by atoms with Crippen molar-refractivity contribution in [3.05, 3.63) is 42.5 Å². The monoisotopic (exact) mass is 244 g/mol. The van der Waals surface area contributed by atoms with Crippen LogP contribution in [0.15, 0.2) is 42.5 Å². The minimum absolute atomic E-state index is 0.0505. The van der Waals surface area contributed by atoms with E-state index >= 15 is 0 Å². The van der Waals surface area contributed by atoms with E-state index in [0.29, 0.717) is 0 Å². The highest BCUT2D eigenvalue weighted by Gasteiger charge is 2.43. The summed E-state index contributed by atoms with van der Waals surface area (Å²) in [5.41, 5.74) is 1.02. The molecule has 4 nitrogen and oxygen atoms in total. The van der Waals surface area contributed by atoms with Crippen LogP contribution >= 0.6 is 0 Å². The predicted molar refractivity (Wildman–Crippen MR) is 68.7 cm³/mol. The molecule has 1 aromatic carbocycles. The van der Waals surface area contributed by atoms with Crippen molar-refractivity contribution in [2.75, 3.05) is 5.06 Å². The molecule has 4 heteroatoms. The van der Waals surface area contributed by atoms with Gasteiger partial charge in [0.25, 0.3) is 0 Å². The summed E-state index contributed by atoms with van der Waals surface area (Å²) in [5.74, 6) is 0.0505. The first-order valence-electron chi connectivity index (χ1n) is 6.17. The van der Waals surface area contributed by atoms with Gasteiger partial charge in [0.1, 0.15) is 0 Å². The number of hydrogen-bond donors (Lipinski definition) is 0. The van der Waals surface area contributed by atoms with Gasteiger partial charge in [0.2, 0.25) is 5.91 Å². The molecule has 0 spiro atoms. The highest BCUT2D eigenvalue weighted by molar-refractivity contribution is 5.75. The number of fused-ring (bicyclic) bond motifs is 2. The Balaban J connectivity index is 1.92. The number of hydrogen-bond acceptors (Lipinski definition) is 3. The van der Waals surface area contributed by atoms with E-state index in [4.69, 9.17) is 4.84 Å². The minimum Gasteiger partial charge on any atom is -0.306 e. The minimum atomic E-state index is -0.289. The van der Waals surface area contributed by atoms with Crippen LogP contribution < -0.4 is 5.06 Å². The van der Waals surface area contributed by atoms with E-state index < -0.39 is 0 Å². The van der Waals surface area contributed by atoms with Gasteiger partial charge < -0.3 is 4.90 Å². The molecule has 1 saturated heterocycles. The zero-order valence-corrected chi connectivity index (χ0v) is 10.5. The SMILES string of the molecule is CC(=O)N1[C@H](C)[C@@H]2C=C[C@H]1ON2c1ccccc1. The first-order chi connectivity index (χ1) is 8.68. The topological polar surface area (TPSA) is 32.8 Å². The largest absolute Gasteiger partial charge is 0.306 e. The molecule has 0 N–H and O–H groups in total. The van der Waals surface area contributed by atoms with E-state index in [1.54, 1.807) is 11.8 Å². The zero-order chi connectivity index (χ0) is 12.7. The lowest BCUT2D eigenvalue weighted by molar-refractivity contribution is -0.161. The molecule has 1 fully saturated rings. The Morgan fingerprint density at radius 3 is 2.56 bits per heavy atom. The number of carbonyl (C=O) groups is 1. The number of carbonyl (C=O) groups excluding carboxylic acids is 1. The fourth-order valence-corrected chi connectivity index (χ4v) is 2.68. The van der Waals surface area contributed by atoms with E-state index in [-0.39, 0.29) is 24.2 Å². The van der Waals surface area contributed by atoms with Crippen LogP contribution in [0.3, 0.4) is 0 Å². The fourth-order valence-electron chi connectivity index (χ4n) is 2.68. The summed E-state index contributed by atoms with van der Waals surface area (Å²) in [5, 5.41) is 1.90. The van der Waals surface area contributed by atoms with E-state index in [9.17, 15) is 4.79 Å². The molecule has 1 amide bonds. The van der Waals surface area contributed by atoms with Gasteiger partial charge in [-0.1, -0.05) is 24.3 Å². The maximum Gasteiger partial charge on any atom is 0.222 e. The van der Waals surface area contributed by atoms with E-state index in [1.807, 2.05) is 41.5 Å². The summed E-state index contributed by atoms with van der Waals surface area (Å²) >= 11 is 0. The molecule has 0 radical (unpaired) electrons. The van der Waals surface area contributed by atoms with Crippen LogP contribution in [-0.2, 0) is 9.63 Å². The third-order valence-electron chi connectivity index (χ3n) is 3.55. The Morgan fingerprint density at radius 1 is 1.22 bits per heavy atom. The van der Waals surface area contributed by atoms with Crippen molar-refractivity contribution < 1.29 is 9.63 Å². The summed E-state index contributed by atoms with van der Waals surface area (Å²) in [6.45, 7) is 3.64. The van der Waals surface area contributed by atoms with Gasteiger partial charge in [0.05, 0.1) is 17.8 Å². The second kappa shape index (κ2) is 4.14. The van der Waals surface area contributed by atoms with Gasteiger partial charge in [-0.3, -0.25) is 4.79 Å². The molecule has 0 aliphatic carbocycles. The molecule has 3 atom stereocenters. The number of para-hydroxylation sites is 1. The van der Waals surface area contributed by atoms with Gasteiger partial charge in [-0.2, -0.15) is 0 Å². The van der Waals surface area contributed by atoms with Crippen LogP contribution in [0.5, 0.6) is 0 Å². The second-order valence-electron chi connectivity index (χ2n) is 4.70. The molecule has 3 heterocycles. The van der Waals surface area contributed by atoms with Crippen molar-refractivity contribution in [3.8, 4) is 0 Å². The Kier molecular flexibility index (Phi) is 2.59. The quantitative estimate of drug-likeness (QED) is 0.708. The highest BCUT2D eigenvalue weighted by Crippen LogP contribution is 2.33. The molecule has 4 rings (SSSR count). The van der Waals surface area contributed by atoms with Crippen LogP contribution in [0.25, 0.3) is 0 Å². The Hall–Kier alpha value is -1.81. The number of benzene rings is 1. The molecule has 0 saturated carbocycles. The van der Waals surface area contributed by atoms with Crippen LogP contribution in [0.2, 0.25) is 0 Å². The number of anilines is 1. The fraction of sp³-hybridized carbons (Fsp3) is 0.357. The molecule has 0 aromatic heterocycles. The highest BCUT2D eigenvalue weighted by atomic mass is 16.7. The number of rotatable bonds is 1. The molecular formula is C14H16N2O2.